The number of benzene rings is 1. The molecule has 0 bridgehead atoms. The van der Waals surface area contributed by atoms with Crippen molar-refractivity contribution in [2.75, 3.05) is 6.54 Å². The van der Waals surface area contributed by atoms with E-state index in [1.165, 1.54) is 28.6 Å². The Morgan fingerprint density at radius 1 is 1.39 bits per heavy atom. The van der Waals surface area contributed by atoms with Gasteiger partial charge >= 0.3 is 0 Å². The molecule has 0 aliphatic carbocycles. The van der Waals surface area contributed by atoms with Gasteiger partial charge in [-0.15, -0.1) is 0 Å². The maximum absolute atomic E-state index is 11.5. The molecule has 0 saturated heterocycles. The number of nitrogens with one attached hydrogen (secondary N) is 1. The molecule has 3 nitrogen and oxygen atoms in total. The highest BCUT2D eigenvalue weighted by atomic mass is 16.1. The lowest BCUT2D eigenvalue weighted by Crippen LogP contribution is -2.16. The molecule has 3 rings (SSSR count). The van der Waals surface area contributed by atoms with Crippen LogP contribution >= 0.6 is 0 Å². The number of hydrogen-bond donors (Lipinski definition) is 1. The number of fused-ring (bicyclic) bond motifs is 3. The second kappa shape index (κ2) is 4.25. The van der Waals surface area contributed by atoms with Crippen molar-refractivity contribution in [1.82, 2.24) is 9.88 Å². The Morgan fingerprint density at radius 2 is 2.22 bits per heavy atom. The van der Waals surface area contributed by atoms with Crippen molar-refractivity contribution in [3.8, 4) is 0 Å². The van der Waals surface area contributed by atoms with Crippen molar-refractivity contribution in [3.05, 3.63) is 35.0 Å². The van der Waals surface area contributed by atoms with Crippen LogP contribution in [0.5, 0.6) is 0 Å². The van der Waals surface area contributed by atoms with Crippen LogP contribution < -0.4 is 5.32 Å². The fraction of sp³-hybridized carbons (Fsp3) is 0.400. The monoisotopic (exact) mass is 242 g/mol. The molecular formula is C15H18N2O. The normalized spacial score (nSPS) is 15.4. The highest BCUT2D eigenvalue weighted by Crippen LogP contribution is 2.28. The average molecular weight is 242 g/mol. The standard InChI is InChI=1S/C15H18N2O/c1-10-13-6-5-12(11(2)18)8-15(13)17-9-16-7-3-4-14(10)17/h5-6,8,16H,3-4,7,9H2,1-2H3. The molecule has 0 unspecified atom stereocenters. The van der Waals surface area contributed by atoms with Gasteiger partial charge in [0.15, 0.2) is 5.78 Å². The van der Waals surface area contributed by atoms with Gasteiger partial charge in [0.25, 0.3) is 0 Å². The first kappa shape index (κ1) is 11.5. The van der Waals surface area contributed by atoms with Gasteiger partial charge in [-0.2, -0.15) is 0 Å². The van der Waals surface area contributed by atoms with Crippen molar-refractivity contribution >= 4 is 16.7 Å². The third-order valence-corrected chi connectivity index (χ3v) is 3.89. The van der Waals surface area contributed by atoms with Crippen molar-refractivity contribution in [2.45, 2.75) is 33.4 Å². The summed E-state index contributed by atoms with van der Waals surface area (Å²) in [7, 11) is 0. The zero-order valence-corrected chi connectivity index (χ0v) is 10.9. The fourth-order valence-electron chi connectivity index (χ4n) is 2.87. The number of nitrogens with zero attached hydrogens (tertiary/aromatic N) is 1. The van der Waals surface area contributed by atoms with Crippen LogP contribution in [-0.2, 0) is 13.1 Å². The van der Waals surface area contributed by atoms with Crippen LogP contribution in [0.2, 0.25) is 0 Å². The molecule has 0 fully saturated rings. The lowest BCUT2D eigenvalue weighted by atomic mass is 10.1. The van der Waals surface area contributed by atoms with Crippen LogP contribution in [0, 0.1) is 6.92 Å². The van der Waals surface area contributed by atoms with Gasteiger partial charge in [0.05, 0.1) is 12.2 Å². The molecule has 94 valence electrons. The molecule has 2 heterocycles. The van der Waals surface area contributed by atoms with Crippen LogP contribution in [0.4, 0.5) is 0 Å². The molecule has 0 amide bonds. The molecule has 3 heteroatoms. The van der Waals surface area contributed by atoms with E-state index in [4.69, 9.17) is 0 Å². The van der Waals surface area contributed by atoms with Gasteiger partial charge in [0.2, 0.25) is 0 Å². The van der Waals surface area contributed by atoms with Gasteiger partial charge in [-0.3, -0.25) is 10.1 Å². The van der Waals surface area contributed by atoms with E-state index >= 15 is 0 Å². The minimum absolute atomic E-state index is 0.131. The van der Waals surface area contributed by atoms with E-state index in [0.29, 0.717) is 0 Å². The smallest absolute Gasteiger partial charge is 0.159 e. The Labute approximate surface area is 107 Å². The summed E-state index contributed by atoms with van der Waals surface area (Å²) in [6.45, 7) is 5.72. The molecule has 1 aliphatic rings. The van der Waals surface area contributed by atoms with Crippen LogP contribution in [-0.4, -0.2) is 16.9 Å². The second-order valence-corrected chi connectivity index (χ2v) is 5.05. The summed E-state index contributed by atoms with van der Waals surface area (Å²) in [5.41, 5.74) is 4.76. The van der Waals surface area contributed by atoms with Crippen molar-refractivity contribution in [2.24, 2.45) is 0 Å². The van der Waals surface area contributed by atoms with E-state index in [-0.39, 0.29) is 5.78 Å². The summed E-state index contributed by atoms with van der Waals surface area (Å²) >= 11 is 0. The topological polar surface area (TPSA) is 34.0 Å². The molecule has 0 radical (unpaired) electrons. The predicted octanol–water partition coefficient (Wildman–Crippen LogP) is 2.65. The Hall–Kier alpha value is -1.61. The molecular weight excluding hydrogens is 224 g/mol. The zero-order valence-electron chi connectivity index (χ0n) is 10.9. The van der Waals surface area contributed by atoms with E-state index in [1.54, 1.807) is 6.92 Å². The van der Waals surface area contributed by atoms with Crippen LogP contribution in [0.25, 0.3) is 10.9 Å². The third-order valence-electron chi connectivity index (χ3n) is 3.89. The first-order chi connectivity index (χ1) is 8.68. The second-order valence-electron chi connectivity index (χ2n) is 5.05. The minimum Gasteiger partial charge on any atom is -0.331 e. The maximum atomic E-state index is 11.5. The number of ketones is 1. The molecule has 0 spiro atoms. The first-order valence-corrected chi connectivity index (χ1v) is 6.52. The van der Waals surface area contributed by atoms with E-state index in [1.807, 2.05) is 12.1 Å². The Morgan fingerprint density at radius 3 is 3.00 bits per heavy atom. The molecule has 0 atom stereocenters. The fourth-order valence-corrected chi connectivity index (χ4v) is 2.87. The Balaban J connectivity index is 2.27. The number of aromatic nitrogens is 1. The third kappa shape index (κ3) is 1.66. The molecule has 1 aromatic heterocycles. The summed E-state index contributed by atoms with van der Waals surface area (Å²) in [4.78, 5) is 11.5. The summed E-state index contributed by atoms with van der Waals surface area (Å²) < 4.78 is 2.32. The first-order valence-electron chi connectivity index (χ1n) is 6.52. The summed E-state index contributed by atoms with van der Waals surface area (Å²) in [5, 5.41) is 4.71. The summed E-state index contributed by atoms with van der Waals surface area (Å²) in [6, 6.07) is 6.05. The van der Waals surface area contributed by atoms with E-state index < -0.39 is 0 Å². The maximum Gasteiger partial charge on any atom is 0.159 e. The predicted molar refractivity (Wildman–Crippen MR) is 73.0 cm³/mol. The van der Waals surface area contributed by atoms with Crippen molar-refractivity contribution in [1.29, 1.82) is 0 Å². The van der Waals surface area contributed by atoms with Gasteiger partial charge in [0.1, 0.15) is 0 Å². The number of aryl methyl sites for hydroxylation is 1. The Kier molecular flexibility index (Phi) is 2.71. The van der Waals surface area contributed by atoms with E-state index in [0.717, 1.165) is 25.2 Å². The molecule has 1 aromatic carbocycles. The quantitative estimate of drug-likeness (QED) is 0.780. The zero-order chi connectivity index (χ0) is 12.7. The summed E-state index contributed by atoms with van der Waals surface area (Å²) in [6.07, 6.45) is 2.29. The number of rotatable bonds is 1. The van der Waals surface area contributed by atoms with Crippen LogP contribution in [0.1, 0.15) is 35.0 Å². The van der Waals surface area contributed by atoms with Crippen molar-refractivity contribution in [3.63, 3.8) is 0 Å². The van der Waals surface area contributed by atoms with E-state index in [9.17, 15) is 4.79 Å². The van der Waals surface area contributed by atoms with E-state index in [2.05, 4.69) is 22.9 Å². The van der Waals surface area contributed by atoms with Gasteiger partial charge in [-0.1, -0.05) is 12.1 Å². The van der Waals surface area contributed by atoms with Gasteiger partial charge in [-0.25, -0.2) is 0 Å². The van der Waals surface area contributed by atoms with Crippen LogP contribution in [0.15, 0.2) is 18.2 Å². The molecule has 1 aliphatic heterocycles. The molecule has 0 saturated carbocycles. The molecule has 1 N–H and O–H groups in total. The minimum atomic E-state index is 0.131. The molecule has 18 heavy (non-hydrogen) atoms. The number of carbonyl (C=O) groups is 1. The molecule has 2 aromatic rings. The number of Topliss-reactive ketones (excluding diaryl/α,β-unsaturated/α-hetero) is 1. The lowest BCUT2D eigenvalue weighted by Gasteiger charge is -2.07. The largest absolute Gasteiger partial charge is 0.331 e. The SMILES string of the molecule is CC(=O)c1ccc2c(C)c3n(c2c1)CNCCC3. The Bertz CT molecular complexity index is 625. The average Bonchev–Trinajstić information content (AvgIpc) is 2.57. The highest BCUT2D eigenvalue weighted by molar-refractivity contribution is 5.98. The summed E-state index contributed by atoms with van der Waals surface area (Å²) in [5.74, 6) is 0.131. The highest BCUT2D eigenvalue weighted by Gasteiger charge is 2.16. The number of carbonyl (C=O) groups excluding carboxylic acids is 1. The van der Waals surface area contributed by atoms with Crippen LogP contribution in [0.3, 0.4) is 0 Å². The lowest BCUT2D eigenvalue weighted by molar-refractivity contribution is 0.101. The van der Waals surface area contributed by atoms with Gasteiger partial charge in [-0.05, 0) is 44.9 Å². The number of hydrogen-bond acceptors (Lipinski definition) is 2. The van der Waals surface area contributed by atoms with Crippen molar-refractivity contribution < 1.29 is 4.79 Å². The van der Waals surface area contributed by atoms with Gasteiger partial charge in [0, 0.05) is 16.6 Å². The van der Waals surface area contributed by atoms with Gasteiger partial charge < -0.3 is 4.57 Å².